The van der Waals surface area contributed by atoms with Gasteiger partial charge in [-0.2, -0.15) is 0 Å². The first-order valence-corrected chi connectivity index (χ1v) is 7.15. The van der Waals surface area contributed by atoms with E-state index in [1.165, 1.54) is 5.69 Å². The quantitative estimate of drug-likeness (QED) is 0.736. The normalized spacial score (nSPS) is 12.2. The predicted octanol–water partition coefficient (Wildman–Crippen LogP) is 3.43. The van der Waals surface area contributed by atoms with Crippen LogP contribution in [0.5, 0.6) is 0 Å². The highest BCUT2D eigenvalue weighted by Gasteiger charge is 2.24. The molecule has 3 heteroatoms. The zero-order valence-electron chi connectivity index (χ0n) is 13.5. The van der Waals surface area contributed by atoms with Crippen molar-refractivity contribution < 1.29 is 4.79 Å². The van der Waals surface area contributed by atoms with E-state index in [4.69, 9.17) is 0 Å². The number of rotatable bonds is 6. The molecular formula is C16H28N2O. The van der Waals surface area contributed by atoms with Crippen LogP contribution in [0.15, 0.2) is 6.07 Å². The van der Waals surface area contributed by atoms with Gasteiger partial charge in [0.15, 0.2) is 5.78 Å². The third kappa shape index (κ3) is 3.27. The average molecular weight is 264 g/mol. The second-order valence-electron chi connectivity index (χ2n) is 5.97. The number of aryl methyl sites for hydroxylation is 1. The molecule has 0 amide bonds. The fourth-order valence-electron chi connectivity index (χ4n) is 2.35. The number of nitrogens with zero attached hydrogens (tertiary/aromatic N) is 2. The summed E-state index contributed by atoms with van der Waals surface area (Å²) in [5.41, 5.74) is 3.19. The van der Waals surface area contributed by atoms with Gasteiger partial charge in [-0.05, 0) is 54.2 Å². The first kappa shape index (κ1) is 16.0. The van der Waals surface area contributed by atoms with Gasteiger partial charge < -0.3 is 4.57 Å². The summed E-state index contributed by atoms with van der Waals surface area (Å²) in [4.78, 5) is 14.6. The Labute approximate surface area is 117 Å². The maximum Gasteiger partial charge on any atom is 0.178 e. The van der Waals surface area contributed by atoms with Gasteiger partial charge in [0.25, 0.3) is 0 Å². The number of carbonyl (C=O) groups excluding carboxylic acids is 1. The maximum atomic E-state index is 12.5. The van der Waals surface area contributed by atoms with E-state index in [2.05, 4.69) is 44.1 Å². The van der Waals surface area contributed by atoms with Crippen LogP contribution in [0.1, 0.15) is 55.9 Å². The lowest BCUT2D eigenvalue weighted by atomic mass is 9.99. The molecule has 0 radical (unpaired) electrons. The summed E-state index contributed by atoms with van der Waals surface area (Å²) < 4.78 is 2.19. The van der Waals surface area contributed by atoms with E-state index in [1.807, 2.05) is 20.0 Å². The Morgan fingerprint density at radius 1 is 1.32 bits per heavy atom. The number of Topliss-reactive ketones (excluding diaryl/α,β-unsaturated/α-hetero) is 1. The van der Waals surface area contributed by atoms with Crippen LogP contribution in [0.4, 0.5) is 0 Å². The van der Waals surface area contributed by atoms with E-state index in [1.54, 1.807) is 0 Å². The van der Waals surface area contributed by atoms with Gasteiger partial charge in [-0.15, -0.1) is 0 Å². The van der Waals surface area contributed by atoms with Crippen LogP contribution in [0.25, 0.3) is 0 Å². The minimum atomic E-state index is 0.0614. The van der Waals surface area contributed by atoms with Crippen LogP contribution in [0, 0.1) is 13.8 Å². The third-order valence-corrected chi connectivity index (χ3v) is 4.47. The number of ketones is 1. The zero-order valence-corrected chi connectivity index (χ0v) is 13.5. The van der Waals surface area contributed by atoms with E-state index in [0.717, 1.165) is 24.2 Å². The van der Waals surface area contributed by atoms with Crippen molar-refractivity contribution in [3.05, 3.63) is 23.0 Å². The second kappa shape index (κ2) is 5.91. The monoisotopic (exact) mass is 264 g/mol. The predicted molar refractivity (Wildman–Crippen MR) is 80.9 cm³/mol. The van der Waals surface area contributed by atoms with E-state index in [9.17, 15) is 4.79 Å². The van der Waals surface area contributed by atoms with Crippen molar-refractivity contribution in [3.63, 3.8) is 0 Å². The van der Waals surface area contributed by atoms with Crippen molar-refractivity contribution in [2.75, 3.05) is 13.6 Å². The Balaban J connectivity index is 2.91. The Kier molecular flexibility index (Phi) is 4.97. The molecule has 0 aliphatic heterocycles. The molecule has 0 fully saturated rings. The van der Waals surface area contributed by atoms with Crippen molar-refractivity contribution in [1.82, 2.24) is 9.47 Å². The molecule has 0 spiro atoms. The van der Waals surface area contributed by atoms with Gasteiger partial charge in [0.2, 0.25) is 0 Å². The molecule has 0 aromatic carbocycles. The van der Waals surface area contributed by atoms with Crippen molar-refractivity contribution in [2.45, 2.75) is 60.0 Å². The molecule has 19 heavy (non-hydrogen) atoms. The van der Waals surface area contributed by atoms with Gasteiger partial charge in [-0.1, -0.05) is 6.92 Å². The number of hydrogen-bond donors (Lipinski definition) is 0. The Morgan fingerprint density at radius 3 is 2.32 bits per heavy atom. The van der Waals surface area contributed by atoms with E-state index in [-0.39, 0.29) is 11.3 Å². The van der Waals surface area contributed by atoms with Crippen molar-refractivity contribution in [1.29, 1.82) is 0 Å². The summed E-state index contributed by atoms with van der Waals surface area (Å²) in [6.45, 7) is 14.1. The first-order chi connectivity index (χ1) is 8.74. The molecule has 0 aliphatic carbocycles. The minimum Gasteiger partial charge on any atom is -0.349 e. The van der Waals surface area contributed by atoms with Crippen molar-refractivity contribution >= 4 is 5.78 Å². The van der Waals surface area contributed by atoms with E-state index >= 15 is 0 Å². The van der Waals surface area contributed by atoms with Gasteiger partial charge in [0.05, 0.1) is 6.54 Å². The first-order valence-electron chi connectivity index (χ1n) is 7.15. The summed E-state index contributed by atoms with van der Waals surface area (Å²) in [5.74, 6) is 0.219. The fourth-order valence-corrected chi connectivity index (χ4v) is 2.35. The van der Waals surface area contributed by atoms with Crippen LogP contribution >= 0.6 is 0 Å². The molecule has 0 bridgehead atoms. The molecule has 0 unspecified atom stereocenters. The van der Waals surface area contributed by atoms with Crippen LogP contribution in [-0.4, -0.2) is 34.4 Å². The molecule has 1 aromatic rings. The molecule has 0 N–H and O–H groups in total. The summed E-state index contributed by atoms with van der Waals surface area (Å²) in [6, 6.07) is 2.02. The lowest BCUT2D eigenvalue weighted by molar-refractivity contribution is 0.0846. The van der Waals surface area contributed by atoms with Crippen LogP contribution in [-0.2, 0) is 6.54 Å². The number of hydrogen-bond acceptors (Lipinski definition) is 2. The van der Waals surface area contributed by atoms with Crippen LogP contribution in [0.2, 0.25) is 0 Å². The highest BCUT2D eigenvalue weighted by Crippen LogP contribution is 2.19. The smallest absolute Gasteiger partial charge is 0.178 e. The van der Waals surface area contributed by atoms with E-state index < -0.39 is 0 Å². The molecule has 108 valence electrons. The van der Waals surface area contributed by atoms with Gasteiger partial charge in [0.1, 0.15) is 0 Å². The SMILES string of the molecule is CCn1c(C)cc(C(=O)CN(C)C(C)(C)CC)c1C. The Morgan fingerprint density at radius 2 is 1.89 bits per heavy atom. The average Bonchev–Trinajstić information content (AvgIpc) is 2.64. The van der Waals surface area contributed by atoms with E-state index in [0.29, 0.717) is 6.54 Å². The largest absolute Gasteiger partial charge is 0.349 e. The molecule has 0 saturated heterocycles. The lowest BCUT2D eigenvalue weighted by Gasteiger charge is -2.34. The van der Waals surface area contributed by atoms with Crippen LogP contribution < -0.4 is 0 Å². The summed E-state index contributed by atoms with van der Waals surface area (Å²) in [5, 5.41) is 0. The second-order valence-corrected chi connectivity index (χ2v) is 5.97. The third-order valence-electron chi connectivity index (χ3n) is 4.47. The van der Waals surface area contributed by atoms with Gasteiger partial charge >= 0.3 is 0 Å². The minimum absolute atomic E-state index is 0.0614. The Bertz CT molecular complexity index is 458. The number of likely N-dealkylation sites (N-methyl/N-ethyl adjacent to an activating group) is 1. The van der Waals surface area contributed by atoms with Crippen LogP contribution in [0.3, 0.4) is 0 Å². The topological polar surface area (TPSA) is 25.2 Å². The molecular weight excluding hydrogens is 236 g/mol. The number of carbonyl (C=O) groups is 1. The van der Waals surface area contributed by atoms with Crippen molar-refractivity contribution in [3.8, 4) is 0 Å². The maximum absolute atomic E-state index is 12.5. The standard InChI is InChI=1S/C16H28N2O/c1-8-16(5,6)17(7)11-15(19)14-10-12(3)18(9-2)13(14)4/h10H,8-9,11H2,1-7H3. The summed E-state index contributed by atoms with van der Waals surface area (Å²) >= 11 is 0. The molecule has 0 saturated carbocycles. The zero-order chi connectivity index (χ0) is 14.8. The summed E-state index contributed by atoms with van der Waals surface area (Å²) in [6.07, 6.45) is 1.03. The highest BCUT2D eigenvalue weighted by atomic mass is 16.1. The molecule has 0 atom stereocenters. The van der Waals surface area contributed by atoms with Gasteiger partial charge in [-0.3, -0.25) is 9.69 Å². The fraction of sp³-hybridized carbons (Fsp3) is 0.688. The van der Waals surface area contributed by atoms with Gasteiger partial charge in [0, 0.05) is 29.0 Å². The molecule has 1 aromatic heterocycles. The molecule has 3 nitrogen and oxygen atoms in total. The molecule has 1 heterocycles. The van der Waals surface area contributed by atoms with Crippen molar-refractivity contribution in [2.24, 2.45) is 0 Å². The van der Waals surface area contributed by atoms with Gasteiger partial charge in [-0.25, -0.2) is 0 Å². The Hall–Kier alpha value is -1.09. The lowest BCUT2D eigenvalue weighted by Crippen LogP contribution is -2.43. The summed E-state index contributed by atoms with van der Waals surface area (Å²) in [7, 11) is 2.03. The number of aromatic nitrogens is 1. The molecule has 0 aliphatic rings. The highest BCUT2D eigenvalue weighted by molar-refractivity contribution is 5.99. The molecule has 1 rings (SSSR count).